The third-order valence-corrected chi connectivity index (χ3v) is 5.13. The van der Waals surface area contributed by atoms with Gasteiger partial charge in [0.05, 0.1) is 17.3 Å². The van der Waals surface area contributed by atoms with Crippen LogP contribution in [0.1, 0.15) is 0 Å². The van der Waals surface area contributed by atoms with Crippen LogP contribution in [0.3, 0.4) is 0 Å². The number of anilines is 1. The molecular weight excluding hydrogens is 364 g/mol. The highest BCUT2D eigenvalue weighted by Gasteiger charge is 2.18. The van der Waals surface area contributed by atoms with E-state index in [2.05, 4.69) is 25.9 Å². The van der Waals surface area contributed by atoms with E-state index in [0.717, 1.165) is 43.4 Å². The monoisotopic (exact) mass is 384 g/mol. The number of nitrogens with zero attached hydrogens (tertiary/aromatic N) is 6. The maximum atomic E-state index is 12.1. The molecule has 0 unspecified atom stereocenters. The summed E-state index contributed by atoms with van der Waals surface area (Å²) in [7, 11) is 0. The van der Waals surface area contributed by atoms with Crippen LogP contribution in [0.5, 0.6) is 0 Å². The van der Waals surface area contributed by atoms with Crippen molar-refractivity contribution in [3.63, 3.8) is 0 Å². The van der Waals surface area contributed by atoms with Gasteiger partial charge in [-0.2, -0.15) is 5.10 Å². The Bertz CT molecular complexity index is 947. The molecule has 8 heteroatoms. The average Bonchev–Trinajstić information content (AvgIpc) is 3.23. The fourth-order valence-corrected chi connectivity index (χ4v) is 3.54. The molecule has 0 bridgehead atoms. The molecule has 0 N–H and O–H groups in total. The highest BCUT2D eigenvalue weighted by atomic mass is 35.5. The molecule has 2 aromatic heterocycles. The lowest BCUT2D eigenvalue weighted by Crippen LogP contribution is -2.47. The molecule has 4 rings (SSSR count). The Hall–Kier alpha value is -2.64. The minimum Gasteiger partial charge on any atom is -0.368 e. The minimum atomic E-state index is -0.0893. The molecule has 7 nitrogen and oxygen atoms in total. The van der Waals surface area contributed by atoms with Crippen molar-refractivity contribution < 1.29 is 0 Å². The van der Waals surface area contributed by atoms with Gasteiger partial charge in [0.15, 0.2) is 5.82 Å². The predicted molar refractivity (Wildman–Crippen MR) is 106 cm³/mol. The van der Waals surface area contributed by atoms with Gasteiger partial charge in [0, 0.05) is 51.2 Å². The van der Waals surface area contributed by atoms with Crippen LogP contribution in [-0.4, -0.2) is 57.0 Å². The fourth-order valence-electron chi connectivity index (χ4n) is 3.29. The van der Waals surface area contributed by atoms with Crippen molar-refractivity contribution >= 4 is 17.3 Å². The topological polar surface area (TPSA) is 59.2 Å². The van der Waals surface area contributed by atoms with Crippen LogP contribution in [0.2, 0.25) is 5.02 Å². The number of piperazine rings is 1. The maximum absolute atomic E-state index is 12.1. The molecule has 27 heavy (non-hydrogen) atoms. The summed E-state index contributed by atoms with van der Waals surface area (Å²) in [4.78, 5) is 20.8. The molecule has 0 aliphatic carbocycles. The molecule has 1 aliphatic heterocycles. The van der Waals surface area contributed by atoms with E-state index < -0.39 is 0 Å². The van der Waals surface area contributed by atoms with Crippen molar-refractivity contribution in [2.45, 2.75) is 6.54 Å². The van der Waals surface area contributed by atoms with E-state index in [0.29, 0.717) is 12.4 Å². The first-order valence-electron chi connectivity index (χ1n) is 8.99. The summed E-state index contributed by atoms with van der Waals surface area (Å²) in [6.45, 7) is 5.05. The van der Waals surface area contributed by atoms with E-state index in [1.807, 2.05) is 24.4 Å². The first-order valence-corrected chi connectivity index (χ1v) is 9.37. The lowest BCUT2D eigenvalue weighted by atomic mass is 10.2. The summed E-state index contributed by atoms with van der Waals surface area (Å²) in [5, 5.41) is 5.24. The molecule has 1 fully saturated rings. The molecule has 1 aliphatic rings. The zero-order valence-corrected chi connectivity index (χ0v) is 15.7. The van der Waals surface area contributed by atoms with Gasteiger partial charge < -0.3 is 4.90 Å². The molecule has 3 aromatic rings. The van der Waals surface area contributed by atoms with Gasteiger partial charge in [-0.25, -0.2) is 9.67 Å². The van der Waals surface area contributed by atoms with Crippen LogP contribution in [0.25, 0.3) is 5.82 Å². The van der Waals surface area contributed by atoms with E-state index in [9.17, 15) is 4.79 Å². The lowest BCUT2D eigenvalue weighted by molar-refractivity contribution is 0.242. The van der Waals surface area contributed by atoms with Gasteiger partial charge in [0.2, 0.25) is 0 Å². The van der Waals surface area contributed by atoms with E-state index in [-0.39, 0.29) is 5.56 Å². The summed E-state index contributed by atoms with van der Waals surface area (Å²) in [5.74, 6) is 0.690. The molecule has 0 atom stereocenters. The van der Waals surface area contributed by atoms with Gasteiger partial charge in [0.1, 0.15) is 6.33 Å². The second-order valence-electron chi connectivity index (χ2n) is 6.50. The predicted octanol–water partition coefficient (Wildman–Crippen LogP) is 1.90. The van der Waals surface area contributed by atoms with Crippen LogP contribution in [0.15, 0.2) is 59.9 Å². The first kappa shape index (κ1) is 17.8. The van der Waals surface area contributed by atoms with Gasteiger partial charge in [0.25, 0.3) is 5.56 Å². The second kappa shape index (κ2) is 7.94. The Balaban J connectivity index is 1.36. The zero-order valence-electron chi connectivity index (χ0n) is 14.9. The van der Waals surface area contributed by atoms with Crippen molar-refractivity contribution in [2.75, 3.05) is 37.6 Å². The van der Waals surface area contributed by atoms with Crippen LogP contribution in [-0.2, 0) is 6.54 Å². The van der Waals surface area contributed by atoms with Crippen LogP contribution < -0.4 is 10.5 Å². The third-order valence-electron chi connectivity index (χ3n) is 4.81. The van der Waals surface area contributed by atoms with Gasteiger partial charge in [-0.05, 0) is 18.2 Å². The largest absolute Gasteiger partial charge is 0.368 e. The van der Waals surface area contributed by atoms with E-state index >= 15 is 0 Å². The number of para-hydroxylation sites is 1. The number of hydrogen-bond donors (Lipinski definition) is 0. The Kier molecular flexibility index (Phi) is 5.22. The summed E-state index contributed by atoms with van der Waals surface area (Å²) in [5.41, 5.74) is 0.998. The van der Waals surface area contributed by atoms with E-state index in [4.69, 9.17) is 11.6 Å². The SMILES string of the molecule is O=c1ccc(-n2ccnc2)nn1CCN1CCN(c2ccccc2Cl)CC1. The Morgan fingerprint density at radius 2 is 1.81 bits per heavy atom. The van der Waals surface area contributed by atoms with Crippen LogP contribution >= 0.6 is 11.6 Å². The molecule has 3 heterocycles. The normalized spacial score (nSPS) is 15.2. The number of aromatic nitrogens is 4. The number of hydrogen-bond acceptors (Lipinski definition) is 5. The standard InChI is InChI=1S/C19H21ClN6O/c20-16-3-1-2-4-17(16)24-12-9-23(10-13-24)11-14-26-19(27)6-5-18(22-26)25-8-7-21-15-25/h1-8,15H,9-14H2. The zero-order chi connectivity index (χ0) is 18.6. The number of imidazole rings is 1. The van der Waals surface area contributed by atoms with E-state index in [1.165, 1.54) is 4.68 Å². The van der Waals surface area contributed by atoms with Gasteiger partial charge in [-0.15, -0.1) is 0 Å². The lowest BCUT2D eigenvalue weighted by Gasteiger charge is -2.36. The number of halogens is 1. The average molecular weight is 385 g/mol. The van der Waals surface area contributed by atoms with E-state index in [1.54, 1.807) is 29.2 Å². The smallest absolute Gasteiger partial charge is 0.266 e. The Morgan fingerprint density at radius 3 is 2.56 bits per heavy atom. The fraction of sp³-hybridized carbons (Fsp3) is 0.316. The van der Waals surface area contributed by atoms with Crippen molar-refractivity contribution in [3.05, 3.63) is 70.5 Å². The minimum absolute atomic E-state index is 0.0893. The second-order valence-corrected chi connectivity index (χ2v) is 6.91. The number of benzene rings is 1. The quantitative estimate of drug-likeness (QED) is 0.672. The van der Waals surface area contributed by atoms with Crippen LogP contribution in [0.4, 0.5) is 5.69 Å². The van der Waals surface area contributed by atoms with Gasteiger partial charge in [-0.1, -0.05) is 23.7 Å². The molecule has 1 aromatic carbocycles. The van der Waals surface area contributed by atoms with Crippen molar-refractivity contribution in [1.82, 2.24) is 24.2 Å². The molecular formula is C19H21ClN6O. The van der Waals surface area contributed by atoms with Crippen molar-refractivity contribution in [2.24, 2.45) is 0 Å². The van der Waals surface area contributed by atoms with Gasteiger partial charge >= 0.3 is 0 Å². The van der Waals surface area contributed by atoms with Gasteiger partial charge in [-0.3, -0.25) is 14.3 Å². The molecule has 140 valence electrons. The summed E-state index contributed by atoms with van der Waals surface area (Å²) in [6.07, 6.45) is 5.17. The maximum Gasteiger partial charge on any atom is 0.266 e. The summed E-state index contributed by atoms with van der Waals surface area (Å²) < 4.78 is 3.31. The van der Waals surface area contributed by atoms with Crippen LogP contribution in [0, 0.1) is 0 Å². The van der Waals surface area contributed by atoms with Crippen molar-refractivity contribution in [1.29, 1.82) is 0 Å². The summed E-state index contributed by atoms with van der Waals surface area (Å²) >= 11 is 6.30. The summed E-state index contributed by atoms with van der Waals surface area (Å²) in [6, 6.07) is 11.2. The molecule has 0 saturated carbocycles. The molecule has 0 radical (unpaired) electrons. The molecule has 1 saturated heterocycles. The Morgan fingerprint density at radius 1 is 1.00 bits per heavy atom. The highest BCUT2D eigenvalue weighted by molar-refractivity contribution is 6.33. The third kappa shape index (κ3) is 4.04. The Labute approximate surface area is 162 Å². The first-order chi connectivity index (χ1) is 13.2. The number of rotatable bonds is 5. The highest BCUT2D eigenvalue weighted by Crippen LogP contribution is 2.25. The van der Waals surface area contributed by atoms with Crippen molar-refractivity contribution in [3.8, 4) is 5.82 Å². The molecule has 0 spiro atoms. The molecule has 0 amide bonds.